The van der Waals surface area contributed by atoms with Crippen LogP contribution in [0.2, 0.25) is 5.02 Å². The van der Waals surface area contributed by atoms with Crippen LogP contribution in [0.25, 0.3) is 16.9 Å². The Bertz CT molecular complexity index is 910. The third-order valence-corrected chi connectivity index (χ3v) is 3.81. The first-order valence-electron chi connectivity index (χ1n) is 7.68. The lowest BCUT2D eigenvalue weighted by atomic mass is 10.1. The zero-order chi connectivity index (χ0) is 17.8. The van der Waals surface area contributed by atoms with E-state index in [0.717, 1.165) is 5.56 Å². The molecule has 0 radical (unpaired) electrons. The first kappa shape index (κ1) is 17.2. The molecule has 1 amide bonds. The second-order valence-corrected chi connectivity index (χ2v) is 5.59. The van der Waals surface area contributed by atoms with Crippen LogP contribution in [0.4, 0.5) is 5.69 Å². The summed E-state index contributed by atoms with van der Waals surface area (Å²) in [6.45, 7) is 2.28. The van der Waals surface area contributed by atoms with Gasteiger partial charge < -0.3 is 14.8 Å². The molecule has 0 aliphatic rings. The second-order valence-electron chi connectivity index (χ2n) is 5.18. The van der Waals surface area contributed by atoms with Gasteiger partial charge in [-0.2, -0.15) is 0 Å². The van der Waals surface area contributed by atoms with E-state index in [2.05, 4.69) is 15.4 Å². The molecule has 3 aromatic rings. The number of fused-ring (bicyclic) bond motifs is 1. The molecule has 3 rings (SSSR count). The second kappa shape index (κ2) is 7.50. The molecule has 0 bridgehead atoms. The average molecular weight is 361 g/mol. The fourth-order valence-corrected chi connectivity index (χ4v) is 2.44. The van der Waals surface area contributed by atoms with Gasteiger partial charge in [0.05, 0.1) is 29.7 Å². The number of methoxy groups -OCH3 is 1. The lowest BCUT2D eigenvalue weighted by Crippen LogP contribution is -2.18. The smallest absolute Gasteiger partial charge is 0.250 e. The van der Waals surface area contributed by atoms with Gasteiger partial charge >= 0.3 is 0 Å². The van der Waals surface area contributed by atoms with Crippen molar-refractivity contribution in [1.82, 2.24) is 14.6 Å². The molecule has 0 spiro atoms. The summed E-state index contributed by atoms with van der Waals surface area (Å²) >= 11 is 6.17. The van der Waals surface area contributed by atoms with Crippen molar-refractivity contribution in [2.24, 2.45) is 0 Å². The molecule has 0 saturated carbocycles. The fraction of sp³-hybridized carbons (Fsp3) is 0.235. The fourth-order valence-electron chi connectivity index (χ4n) is 2.27. The summed E-state index contributed by atoms with van der Waals surface area (Å²) in [5, 5.41) is 7.46. The molecule has 7 nitrogen and oxygen atoms in total. The Morgan fingerprint density at radius 1 is 1.32 bits per heavy atom. The standard InChI is InChI=1S/C17H17ClN4O3/c1-3-25-10-16(23)20-13-8-11(4-5-12(13)18)14-9-22-15(19-14)6-7-17(21-22)24-2/h4-9H,3,10H2,1-2H3,(H,20,23). The quantitative estimate of drug-likeness (QED) is 0.731. The van der Waals surface area contributed by atoms with Gasteiger partial charge in [0.25, 0.3) is 0 Å². The van der Waals surface area contributed by atoms with E-state index in [9.17, 15) is 4.79 Å². The zero-order valence-electron chi connectivity index (χ0n) is 13.8. The molecule has 1 N–H and O–H groups in total. The Kier molecular flexibility index (Phi) is 5.16. The molecule has 0 aliphatic carbocycles. The zero-order valence-corrected chi connectivity index (χ0v) is 14.6. The largest absolute Gasteiger partial charge is 0.480 e. The van der Waals surface area contributed by atoms with Crippen LogP contribution in [0.15, 0.2) is 36.5 Å². The molecule has 1 aromatic carbocycles. The van der Waals surface area contributed by atoms with Crippen LogP contribution in [0.3, 0.4) is 0 Å². The van der Waals surface area contributed by atoms with Gasteiger partial charge in [0.15, 0.2) is 5.65 Å². The third kappa shape index (κ3) is 3.89. The summed E-state index contributed by atoms with van der Waals surface area (Å²) in [5.74, 6) is 0.235. The molecule has 8 heteroatoms. The molecule has 2 aromatic heterocycles. The molecule has 0 saturated heterocycles. The van der Waals surface area contributed by atoms with Gasteiger partial charge in [-0.25, -0.2) is 9.50 Å². The van der Waals surface area contributed by atoms with E-state index in [1.165, 1.54) is 0 Å². The van der Waals surface area contributed by atoms with Gasteiger partial charge in [0.2, 0.25) is 11.8 Å². The number of amides is 1. The van der Waals surface area contributed by atoms with Crippen LogP contribution in [-0.2, 0) is 9.53 Å². The number of hydrogen-bond donors (Lipinski definition) is 1. The van der Waals surface area contributed by atoms with Gasteiger partial charge in [0, 0.05) is 18.2 Å². The van der Waals surface area contributed by atoms with Crippen molar-refractivity contribution in [3.63, 3.8) is 0 Å². The lowest BCUT2D eigenvalue weighted by Gasteiger charge is -2.08. The number of ether oxygens (including phenoxy) is 2. The number of benzene rings is 1. The van der Waals surface area contributed by atoms with Crippen molar-refractivity contribution in [2.45, 2.75) is 6.92 Å². The number of halogens is 1. The summed E-state index contributed by atoms with van der Waals surface area (Å²) in [7, 11) is 1.56. The molecular formula is C17H17ClN4O3. The Morgan fingerprint density at radius 2 is 2.16 bits per heavy atom. The number of carbonyl (C=O) groups excluding carboxylic acids is 1. The van der Waals surface area contributed by atoms with Gasteiger partial charge in [-0.05, 0) is 25.1 Å². The van der Waals surface area contributed by atoms with Crippen molar-refractivity contribution in [1.29, 1.82) is 0 Å². The van der Waals surface area contributed by atoms with Crippen molar-refractivity contribution in [3.05, 3.63) is 41.6 Å². The number of imidazole rings is 1. The van der Waals surface area contributed by atoms with Crippen LogP contribution in [-0.4, -0.2) is 40.8 Å². The minimum absolute atomic E-state index is 0.0187. The molecule has 0 atom stereocenters. The highest BCUT2D eigenvalue weighted by Crippen LogP contribution is 2.28. The SMILES string of the molecule is CCOCC(=O)Nc1cc(-c2cn3nc(OC)ccc3n2)ccc1Cl. The summed E-state index contributed by atoms with van der Waals surface area (Å²) in [6, 6.07) is 8.87. The van der Waals surface area contributed by atoms with E-state index >= 15 is 0 Å². The first-order valence-corrected chi connectivity index (χ1v) is 8.06. The maximum absolute atomic E-state index is 11.8. The predicted molar refractivity (Wildman–Crippen MR) is 95.1 cm³/mol. The summed E-state index contributed by atoms with van der Waals surface area (Å²) in [6.07, 6.45) is 1.78. The molecule has 0 fully saturated rings. The Balaban J connectivity index is 1.89. The number of hydrogen-bond acceptors (Lipinski definition) is 5. The summed E-state index contributed by atoms with van der Waals surface area (Å²) < 4.78 is 11.8. The van der Waals surface area contributed by atoms with Crippen LogP contribution in [0.1, 0.15) is 6.92 Å². The minimum Gasteiger partial charge on any atom is -0.480 e. The van der Waals surface area contributed by atoms with Crippen LogP contribution >= 0.6 is 11.6 Å². The number of carbonyl (C=O) groups is 1. The number of aromatic nitrogens is 3. The predicted octanol–water partition coefficient (Wildman–Crippen LogP) is 3.03. The molecule has 130 valence electrons. The number of nitrogens with zero attached hydrogens (tertiary/aromatic N) is 3. The van der Waals surface area contributed by atoms with E-state index in [-0.39, 0.29) is 12.5 Å². The van der Waals surface area contributed by atoms with Crippen molar-refractivity contribution in [2.75, 3.05) is 25.6 Å². The highest BCUT2D eigenvalue weighted by atomic mass is 35.5. The molecule has 0 aliphatic heterocycles. The monoisotopic (exact) mass is 360 g/mol. The summed E-state index contributed by atoms with van der Waals surface area (Å²) in [4.78, 5) is 16.4. The first-order chi connectivity index (χ1) is 12.1. The third-order valence-electron chi connectivity index (χ3n) is 3.48. The number of anilines is 1. The molecule has 25 heavy (non-hydrogen) atoms. The van der Waals surface area contributed by atoms with Crippen LogP contribution < -0.4 is 10.1 Å². The van der Waals surface area contributed by atoms with Crippen molar-refractivity contribution >= 4 is 28.8 Å². The average Bonchev–Trinajstić information content (AvgIpc) is 3.04. The number of nitrogens with one attached hydrogen (secondary N) is 1. The van der Waals surface area contributed by atoms with Gasteiger partial charge in [-0.15, -0.1) is 5.10 Å². The Hall–Kier alpha value is -2.64. The van der Waals surface area contributed by atoms with E-state index in [4.69, 9.17) is 21.1 Å². The maximum atomic E-state index is 11.8. The van der Waals surface area contributed by atoms with Crippen molar-refractivity contribution in [3.8, 4) is 17.1 Å². The normalized spacial score (nSPS) is 10.8. The van der Waals surface area contributed by atoms with Crippen molar-refractivity contribution < 1.29 is 14.3 Å². The molecular weight excluding hydrogens is 344 g/mol. The summed E-state index contributed by atoms with van der Waals surface area (Å²) in [5.41, 5.74) is 2.71. The highest BCUT2D eigenvalue weighted by molar-refractivity contribution is 6.33. The lowest BCUT2D eigenvalue weighted by molar-refractivity contribution is -0.120. The van der Waals surface area contributed by atoms with E-state index in [0.29, 0.717) is 34.5 Å². The van der Waals surface area contributed by atoms with Crippen LogP contribution in [0.5, 0.6) is 5.88 Å². The van der Waals surface area contributed by atoms with E-state index < -0.39 is 0 Å². The van der Waals surface area contributed by atoms with Gasteiger partial charge in [-0.1, -0.05) is 17.7 Å². The van der Waals surface area contributed by atoms with Gasteiger partial charge in [0.1, 0.15) is 6.61 Å². The topological polar surface area (TPSA) is 77.8 Å². The number of rotatable bonds is 6. The van der Waals surface area contributed by atoms with E-state index in [1.807, 2.05) is 19.1 Å². The Morgan fingerprint density at radius 3 is 2.92 bits per heavy atom. The van der Waals surface area contributed by atoms with Crippen LogP contribution in [0, 0.1) is 0 Å². The van der Waals surface area contributed by atoms with Gasteiger partial charge in [-0.3, -0.25) is 4.79 Å². The minimum atomic E-state index is -0.262. The maximum Gasteiger partial charge on any atom is 0.250 e. The Labute approximate surface area is 149 Å². The van der Waals surface area contributed by atoms with E-state index in [1.54, 1.807) is 36.0 Å². The molecule has 0 unspecified atom stereocenters. The highest BCUT2D eigenvalue weighted by Gasteiger charge is 2.11. The molecule has 2 heterocycles.